The van der Waals surface area contributed by atoms with Gasteiger partial charge in [-0.25, -0.2) is 4.90 Å². The SMILES string of the molecule is O=C1C2C3C=CC(C4CC34)C2C(=O)N1c1cc([N+](=O)[O-])ccc1Cl. The van der Waals surface area contributed by atoms with Gasteiger partial charge < -0.3 is 0 Å². The summed E-state index contributed by atoms with van der Waals surface area (Å²) < 4.78 is 0. The van der Waals surface area contributed by atoms with Crippen LogP contribution in [0, 0.1) is 45.6 Å². The van der Waals surface area contributed by atoms with Crippen molar-refractivity contribution in [3.8, 4) is 0 Å². The number of hydrogen-bond acceptors (Lipinski definition) is 4. The Labute approximate surface area is 142 Å². The number of carbonyl (C=O) groups excluding carboxylic acids is 2. The van der Waals surface area contributed by atoms with E-state index in [1.54, 1.807) is 0 Å². The molecule has 0 N–H and O–H groups in total. The third-order valence-corrected chi connectivity index (χ3v) is 6.36. The Kier molecular flexibility index (Phi) is 2.62. The molecule has 6 rings (SSSR count). The van der Waals surface area contributed by atoms with Gasteiger partial charge in [0.15, 0.2) is 0 Å². The number of rotatable bonds is 2. The molecule has 6 nitrogen and oxygen atoms in total. The van der Waals surface area contributed by atoms with Crippen LogP contribution < -0.4 is 4.90 Å². The van der Waals surface area contributed by atoms with Gasteiger partial charge >= 0.3 is 0 Å². The molecule has 24 heavy (non-hydrogen) atoms. The molecule has 0 radical (unpaired) electrons. The number of carbonyl (C=O) groups is 2. The van der Waals surface area contributed by atoms with Crippen LogP contribution >= 0.6 is 11.6 Å². The van der Waals surface area contributed by atoms with Crippen molar-refractivity contribution < 1.29 is 14.5 Å². The number of amides is 2. The number of allylic oxidation sites excluding steroid dienone is 2. The Morgan fingerprint density at radius 1 is 1.08 bits per heavy atom. The smallest absolute Gasteiger partial charge is 0.271 e. The number of hydrogen-bond donors (Lipinski definition) is 0. The van der Waals surface area contributed by atoms with Gasteiger partial charge in [0.1, 0.15) is 0 Å². The first-order chi connectivity index (χ1) is 11.5. The zero-order valence-electron chi connectivity index (χ0n) is 12.5. The number of nitrogens with zero attached hydrogens (tertiary/aromatic N) is 2. The van der Waals surface area contributed by atoms with Crippen LogP contribution in [0.15, 0.2) is 30.4 Å². The lowest BCUT2D eigenvalue weighted by atomic mass is 9.63. The van der Waals surface area contributed by atoms with Gasteiger partial charge in [0.25, 0.3) is 5.69 Å². The maximum Gasteiger partial charge on any atom is 0.271 e. The Morgan fingerprint density at radius 2 is 1.67 bits per heavy atom. The summed E-state index contributed by atoms with van der Waals surface area (Å²) in [5.74, 6) is 0.0391. The summed E-state index contributed by atoms with van der Waals surface area (Å²) in [6, 6.07) is 3.85. The van der Waals surface area contributed by atoms with E-state index in [-0.39, 0.29) is 51.9 Å². The number of nitro groups is 1. The van der Waals surface area contributed by atoms with E-state index in [2.05, 4.69) is 12.2 Å². The van der Waals surface area contributed by atoms with Gasteiger partial charge in [0.2, 0.25) is 11.8 Å². The highest BCUT2D eigenvalue weighted by Crippen LogP contribution is 2.65. The highest BCUT2D eigenvalue weighted by atomic mass is 35.5. The predicted molar refractivity (Wildman–Crippen MR) is 85.3 cm³/mol. The molecule has 7 heteroatoms. The fourth-order valence-corrected chi connectivity index (χ4v) is 5.18. The van der Waals surface area contributed by atoms with E-state index >= 15 is 0 Å². The maximum atomic E-state index is 13.0. The lowest BCUT2D eigenvalue weighted by Crippen LogP contribution is -2.40. The molecule has 2 amide bonds. The summed E-state index contributed by atoms with van der Waals surface area (Å²) in [5, 5.41) is 11.2. The van der Waals surface area contributed by atoms with Crippen molar-refractivity contribution in [2.24, 2.45) is 35.5 Å². The normalized spacial score (nSPS) is 38.3. The first kappa shape index (κ1) is 14.2. The summed E-state index contributed by atoms with van der Waals surface area (Å²) in [7, 11) is 0. The minimum Gasteiger partial charge on any atom is -0.274 e. The number of nitro benzene ring substituents is 1. The highest BCUT2D eigenvalue weighted by Gasteiger charge is 2.67. The van der Waals surface area contributed by atoms with Crippen LogP contribution in [0.2, 0.25) is 5.02 Å². The molecule has 6 atom stereocenters. The molecule has 1 aromatic carbocycles. The van der Waals surface area contributed by atoms with Crippen LogP contribution in [-0.2, 0) is 9.59 Å². The van der Waals surface area contributed by atoms with E-state index in [1.165, 1.54) is 18.2 Å². The predicted octanol–water partition coefficient (Wildman–Crippen LogP) is 2.81. The van der Waals surface area contributed by atoms with E-state index in [4.69, 9.17) is 11.6 Å². The van der Waals surface area contributed by atoms with Gasteiger partial charge in [-0.3, -0.25) is 19.7 Å². The molecule has 5 aliphatic rings. The van der Waals surface area contributed by atoms with E-state index in [0.29, 0.717) is 11.8 Å². The molecule has 3 fully saturated rings. The van der Waals surface area contributed by atoms with Crippen molar-refractivity contribution in [1.82, 2.24) is 0 Å². The van der Waals surface area contributed by atoms with Crippen LogP contribution in [0.1, 0.15) is 6.42 Å². The molecule has 0 aromatic heterocycles. The number of imide groups is 1. The molecule has 2 saturated carbocycles. The van der Waals surface area contributed by atoms with Gasteiger partial charge in [-0.05, 0) is 36.2 Å². The van der Waals surface area contributed by atoms with E-state index < -0.39 is 4.92 Å². The van der Waals surface area contributed by atoms with Gasteiger partial charge in [-0.1, -0.05) is 23.8 Å². The number of benzene rings is 1. The number of halogens is 1. The molecule has 6 unspecified atom stereocenters. The summed E-state index contributed by atoms with van der Waals surface area (Å²) >= 11 is 6.15. The average molecular weight is 345 g/mol. The van der Waals surface area contributed by atoms with Crippen molar-refractivity contribution in [2.45, 2.75) is 6.42 Å². The number of non-ortho nitro benzene ring substituents is 1. The van der Waals surface area contributed by atoms with E-state index in [9.17, 15) is 19.7 Å². The van der Waals surface area contributed by atoms with Crippen LogP contribution in [0.3, 0.4) is 0 Å². The monoisotopic (exact) mass is 344 g/mol. The lowest BCUT2D eigenvalue weighted by Gasteiger charge is -2.37. The Hall–Kier alpha value is -2.21. The van der Waals surface area contributed by atoms with Crippen molar-refractivity contribution in [1.29, 1.82) is 0 Å². The van der Waals surface area contributed by atoms with Crippen LogP contribution in [0.4, 0.5) is 11.4 Å². The summed E-state index contributed by atoms with van der Waals surface area (Å²) in [5.41, 5.74) is -0.0582. The quantitative estimate of drug-likeness (QED) is 0.357. The number of anilines is 1. The van der Waals surface area contributed by atoms with Gasteiger partial charge in [-0.15, -0.1) is 0 Å². The summed E-state index contributed by atoms with van der Waals surface area (Å²) in [4.78, 5) is 37.5. The maximum absolute atomic E-state index is 13.0. The molecule has 1 heterocycles. The van der Waals surface area contributed by atoms with Gasteiger partial charge in [0.05, 0.1) is 27.5 Å². The minimum atomic E-state index is -0.557. The fourth-order valence-electron chi connectivity index (χ4n) is 4.98. The van der Waals surface area contributed by atoms with Crippen LogP contribution in [-0.4, -0.2) is 16.7 Å². The Morgan fingerprint density at radius 3 is 2.21 bits per heavy atom. The topological polar surface area (TPSA) is 80.5 Å². The summed E-state index contributed by atoms with van der Waals surface area (Å²) in [6.07, 6.45) is 5.26. The van der Waals surface area contributed by atoms with Gasteiger partial charge in [-0.2, -0.15) is 0 Å². The zero-order chi connectivity index (χ0) is 16.7. The van der Waals surface area contributed by atoms with Crippen molar-refractivity contribution in [2.75, 3.05) is 4.90 Å². The second-order valence-corrected chi connectivity index (χ2v) is 7.47. The van der Waals surface area contributed by atoms with Crippen LogP contribution in [0.25, 0.3) is 0 Å². The Balaban J connectivity index is 1.60. The highest BCUT2D eigenvalue weighted by molar-refractivity contribution is 6.36. The first-order valence-electron chi connectivity index (χ1n) is 7.99. The summed E-state index contributed by atoms with van der Waals surface area (Å²) in [6.45, 7) is 0. The fraction of sp³-hybridized carbons (Fsp3) is 0.412. The molecule has 122 valence electrons. The molecule has 0 spiro atoms. The molecular formula is C17H13ClN2O4. The molecule has 1 aliphatic heterocycles. The third-order valence-electron chi connectivity index (χ3n) is 6.04. The first-order valence-corrected chi connectivity index (χ1v) is 8.37. The molecule has 4 aliphatic carbocycles. The standard InChI is InChI=1S/C17H13ClN2O4/c18-12-4-1-7(20(23)24)5-13(12)19-16(21)14-8-2-3-9(11-6-10(8)11)15(14)17(19)22/h1-5,8-11,14-15H,6H2. The van der Waals surface area contributed by atoms with Crippen molar-refractivity contribution in [3.63, 3.8) is 0 Å². The van der Waals surface area contributed by atoms with E-state index in [0.717, 1.165) is 11.3 Å². The zero-order valence-corrected chi connectivity index (χ0v) is 13.2. The largest absolute Gasteiger partial charge is 0.274 e. The van der Waals surface area contributed by atoms with Gasteiger partial charge in [0, 0.05) is 12.1 Å². The second kappa shape index (κ2) is 4.45. The third kappa shape index (κ3) is 1.61. The van der Waals surface area contributed by atoms with Crippen molar-refractivity contribution >= 4 is 34.8 Å². The molecular weight excluding hydrogens is 332 g/mol. The van der Waals surface area contributed by atoms with Crippen LogP contribution in [0.5, 0.6) is 0 Å². The average Bonchev–Trinajstić information content (AvgIpc) is 3.33. The molecule has 2 bridgehead atoms. The van der Waals surface area contributed by atoms with E-state index in [1.807, 2.05) is 0 Å². The second-order valence-electron chi connectivity index (χ2n) is 7.06. The lowest BCUT2D eigenvalue weighted by molar-refractivity contribution is -0.384. The molecule has 1 saturated heterocycles. The molecule has 1 aromatic rings. The van der Waals surface area contributed by atoms with Crippen molar-refractivity contribution in [3.05, 3.63) is 45.5 Å². The minimum absolute atomic E-state index is 0.115. The Bertz CT molecular complexity index is 815.